The molecule has 0 spiro atoms. The monoisotopic (exact) mass is 725 g/mol. The first kappa shape index (κ1) is 38.6. The highest BCUT2D eigenvalue weighted by molar-refractivity contribution is 5.82. The maximum absolute atomic E-state index is 13.8. The van der Waals surface area contributed by atoms with Crippen molar-refractivity contribution in [3.63, 3.8) is 0 Å². The number of nitrogens with zero attached hydrogens (tertiary/aromatic N) is 1. The molecule has 6 rings (SSSR count). The third-order valence-electron chi connectivity index (χ3n) is 10.9. The molecule has 3 aromatic rings. The third-order valence-corrected chi connectivity index (χ3v) is 10.9. The van der Waals surface area contributed by atoms with Gasteiger partial charge in [-0.15, -0.1) is 0 Å². The Labute approximate surface area is 313 Å². The highest BCUT2D eigenvalue weighted by Crippen LogP contribution is 2.42. The van der Waals surface area contributed by atoms with Crippen molar-refractivity contribution >= 4 is 17.8 Å². The number of ether oxygens (including phenoxy) is 2. The number of piperidine rings is 1. The summed E-state index contributed by atoms with van der Waals surface area (Å²) in [5.41, 5.74) is 5.29. The third kappa shape index (κ3) is 10.1. The summed E-state index contributed by atoms with van der Waals surface area (Å²) in [6.07, 6.45) is 5.94. The van der Waals surface area contributed by atoms with E-state index in [-0.39, 0.29) is 61.6 Å². The van der Waals surface area contributed by atoms with Crippen LogP contribution in [0.1, 0.15) is 113 Å². The molecule has 0 radical (unpaired) electrons. The smallest absolute Gasteiger partial charge is 0.303 e. The summed E-state index contributed by atoms with van der Waals surface area (Å²) in [6.45, 7) is 7.00. The van der Waals surface area contributed by atoms with E-state index < -0.39 is 12.3 Å². The molecule has 10 nitrogen and oxygen atoms in total. The second kappa shape index (κ2) is 17.4. The van der Waals surface area contributed by atoms with E-state index in [2.05, 4.69) is 15.5 Å². The molecule has 2 amide bonds. The molecule has 0 unspecified atom stereocenters. The van der Waals surface area contributed by atoms with E-state index in [9.17, 15) is 19.5 Å². The highest BCUT2D eigenvalue weighted by atomic mass is 16.7. The second-order valence-corrected chi connectivity index (χ2v) is 15.9. The lowest BCUT2D eigenvalue weighted by molar-refractivity contribution is -0.255. The summed E-state index contributed by atoms with van der Waals surface area (Å²) in [5, 5.41) is 24.7. The number of aliphatic hydroxyl groups excluding tert-OH is 1. The molecule has 2 saturated heterocycles. The number of fused-ring (bicyclic) bond motifs is 1. The normalized spacial score (nSPS) is 24.9. The van der Waals surface area contributed by atoms with Crippen LogP contribution in [-0.4, -0.2) is 63.2 Å². The molecule has 3 aliphatic rings. The number of carbonyl (C=O) groups is 3. The summed E-state index contributed by atoms with van der Waals surface area (Å²) in [4.78, 5) is 39.4. The largest absolute Gasteiger partial charge is 0.481 e. The summed E-state index contributed by atoms with van der Waals surface area (Å²) < 4.78 is 13.5. The summed E-state index contributed by atoms with van der Waals surface area (Å²) in [7, 11) is 0. The van der Waals surface area contributed by atoms with E-state index in [1.165, 1.54) is 19.3 Å². The number of carbonyl (C=O) groups excluding carboxylic acids is 2. The van der Waals surface area contributed by atoms with Gasteiger partial charge in [-0.25, -0.2) is 0 Å². The molecule has 3 aromatic carbocycles. The first-order valence-corrected chi connectivity index (χ1v) is 19.2. The van der Waals surface area contributed by atoms with Crippen LogP contribution in [0.2, 0.25) is 0 Å². The van der Waals surface area contributed by atoms with Crippen molar-refractivity contribution in [1.29, 1.82) is 0 Å². The summed E-state index contributed by atoms with van der Waals surface area (Å²) in [6, 6.07) is 24.0. The average Bonchev–Trinajstić information content (AvgIpc) is 3.15. The molecule has 3 fully saturated rings. The number of carboxylic acid groups (broad SMARTS) is 1. The average molecular weight is 726 g/mol. The lowest BCUT2D eigenvalue weighted by atomic mass is 9.75. The molecule has 0 aromatic heterocycles. The Hall–Kier alpha value is -4.09. The van der Waals surface area contributed by atoms with Gasteiger partial charge in [0.15, 0.2) is 6.29 Å². The number of likely N-dealkylation sites (tertiary alicyclic amines) is 1. The van der Waals surface area contributed by atoms with E-state index in [0.29, 0.717) is 24.9 Å². The molecule has 1 saturated carbocycles. The van der Waals surface area contributed by atoms with Crippen LogP contribution in [0.25, 0.3) is 11.1 Å². The number of hydrogen-bond donors (Lipinski definition) is 4. The van der Waals surface area contributed by atoms with Crippen molar-refractivity contribution in [3.8, 4) is 11.1 Å². The minimum absolute atomic E-state index is 0.0255. The van der Waals surface area contributed by atoms with Gasteiger partial charge in [0.1, 0.15) is 0 Å². The van der Waals surface area contributed by atoms with Gasteiger partial charge < -0.3 is 30.3 Å². The first-order valence-electron chi connectivity index (χ1n) is 19.2. The molecule has 4 N–H and O–H groups in total. The number of hydrogen-bond acceptors (Lipinski definition) is 7. The maximum atomic E-state index is 13.8. The van der Waals surface area contributed by atoms with Crippen molar-refractivity contribution in [3.05, 3.63) is 95.1 Å². The fraction of sp³-hybridized carbons (Fsp3) is 0.512. The number of carboxylic acids is 1. The fourth-order valence-electron chi connectivity index (χ4n) is 8.27. The number of aliphatic carboxylic acids is 1. The quantitative estimate of drug-likeness (QED) is 0.160. The number of nitrogens with one attached hydrogen (secondary N) is 2. The Bertz CT molecular complexity index is 1700. The van der Waals surface area contributed by atoms with Crippen molar-refractivity contribution < 1.29 is 34.1 Å². The Balaban J connectivity index is 1.24. The second-order valence-electron chi connectivity index (χ2n) is 15.9. The molecule has 10 heteroatoms. The van der Waals surface area contributed by atoms with Gasteiger partial charge in [0.05, 0.1) is 31.3 Å². The maximum Gasteiger partial charge on any atom is 0.303 e. The van der Waals surface area contributed by atoms with Crippen LogP contribution in [0, 0.1) is 5.92 Å². The Kier molecular flexibility index (Phi) is 12.7. The van der Waals surface area contributed by atoms with E-state index in [0.717, 1.165) is 52.6 Å². The summed E-state index contributed by atoms with van der Waals surface area (Å²) in [5.74, 6) is -0.616. The zero-order valence-corrected chi connectivity index (χ0v) is 31.3. The van der Waals surface area contributed by atoms with E-state index >= 15 is 0 Å². The van der Waals surface area contributed by atoms with Crippen LogP contribution >= 0.6 is 0 Å². The van der Waals surface area contributed by atoms with Gasteiger partial charge >= 0.3 is 5.97 Å². The van der Waals surface area contributed by atoms with Crippen LogP contribution in [-0.2, 0) is 37.0 Å². The SMILES string of the molecule is CC(C)(C)NC(=O)[C@H]1CC[C@H]2CCCC[C@H]2N1C[C@@H]1C[C@H](c2ccc(CO)cc2)O[C@H](c2ccc(-c3ccccc3CNC(=O)CCC(=O)O)cc2)O1. The van der Waals surface area contributed by atoms with Crippen LogP contribution < -0.4 is 10.6 Å². The van der Waals surface area contributed by atoms with Gasteiger partial charge in [0.2, 0.25) is 11.8 Å². The van der Waals surface area contributed by atoms with Crippen LogP contribution in [0.4, 0.5) is 0 Å². The van der Waals surface area contributed by atoms with Crippen molar-refractivity contribution in [2.24, 2.45) is 5.92 Å². The predicted octanol–water partition coefficient (Wildman–Crippen LogP) is 6.81. The lowest BCUT2D eigenvalue weighted by Crippen LogP contribution is -2.61. The van der Waals surface area contributed by atoms with E-state index in [1.54, 1.807) is 0 Å². The standard InChI is InChI=1S/C43H55N3O7/c1-43(2,3)45-41(51)37-21-20-30-8-5-7-11-36(30)46(37)26-34-24-38(31-14-12-28(27-47)13-15-31)53-42(52-34)32-18-16-29(17-19-32)35-10-6-4-9-33(35)25-44-39(48)22-23-40(49)50/h4,6,9-10,12-19,30,34,36-38,42,47H,5,7-8,11,20-27H2,1-3H3,(H,44,48)(H,45,51)(H,49,50)/t30-,34+,36-,37-,38-,42-/m1/s1. The van der Waals surface area contributed by atoms with Crippen molar-refractivity contribution in [2.75, 3.05) is 6.54 Å². The van der Waals surface area contributed by atoms with Crippen LogP contribution in [0.15, 0.2) is 72.8 Å². The van der Waals surface area contributed by atoms with Crippen LogP contribution in [0.3, 0.4) is 0 Å². The Morgan fingerprint density at radius 1 is 0.849 bits per heavy atom. The molecule has 2 aliphatic heterocycles. The van der Waals surface area contributed by atoms with Gasteiger partial charge in [-0.1, -0.05) is 85.6 Å². The first-order chi connectivity index (χ1) is 25.5. The number of aliphatic hydroxyl groups is 1. The minimum Gasteiger partial charge on any atom is -0.481 e. The summed E-state index contributed by atoms with van der Waals surface area (Å²) >= 11 is 0. The number of benzene rings is 3. The van der Waals surface area contributed by atoms with E-state index in [4.69, 9.17) is 14.6 Å². The van der Waals surface area contributed by atoms with E-state index in [1.807, 2.05) is 93.6 Å². The van der Waals surface area contributed by atoms with Crippen molar-refractivity contribution in [1.82, 2.24) is 15.5 Å². The molecular weight excluding hydrogens is 670 g/mol. The van der Waals surface area contributed by atoms with Gasteiger partial charge in [0, 0.05) is 43.1 Å². The lowest BCUT2D eigenvalue weighted by Gasteiger charge is -2.50. The van der Waals surface area contributed by atoms with Gasteiger partial charge in [-0.05, 0) is 80.2 Å². The van der Waals surface area contributed by atoms with Gasteiger partial charge in [-0.2, -0.15) is 0 Å². The molecule has 1 aliphatic carbocycles. The Morgan fingerprint density at radius 2 is 1.57 bits per heavy atom. The van der Waals surface area contributed by atoms with Gasteiger partial charge in [-0.3, -0.25) is 19.3 Å². The molecule has 53 heavy (non-hydrogen) atoms. The molecule has 0 bridgehead atoms. The van der Waals surface area contributed by atoms with Crippen molar-refractivity contribution in [2.45, 2.75) is 128 Å². The zero-order chi connectivity index (χ0) is 37.5. The predicted molar refractivity (Wildman–Crippen MR) is 202 cm³/mol. The molecule has 6 atom stereocenters. The molecule has 2 heterocycles. The van der Waals surface area contributed by atoms with Gasteiger partial charge in [0.25, 0.3) is 0 Å². The van der Waals surface area contributed by atoms with Crippen LogP contribution in [0.5, 0.6) is 0 Å². The number of amides is 2. The number of rotatable bonds is 12. The molecular formula is C43H55N3O7. The minimum atomic E-state index is -0.999. The zero-order valence-electron chi connectivity index (χ0n) is 31.3. The molecule has 284 valence electrons. The topological polar surface area (TPSA) is 137 Å². The fourth-order valence-corrected chi connectivity index (χ4v) is 8.27. The highest BCUT2D eigenvalue weighted by Gasteiger charge is 2.44. The Morgan fingerprint density at radius 3 is 2.28 bits per heavy atom.